The molecule has 8 heteroatoms. The maximum atomic E-state index is 13.4. The van der Waals surface area contributed by atoms with E-state index in [1.165, 1.54) is 32.1 Å². The van der Waals surface area contributed by atoms with Crippen LogP contribution in [0.15, 0.2) is 47.1 Å². The number of aromatic nitrogens is 1. The third-order valence-electron chi connectivity index (χ3n) is 9.30. The summed E-state index contributed by atoms with van der Waals surface area (Å²) in [4.78, 5) is 22.3. The molecule has 4 aromatic rings. The Kier molecular flexibility index (Phi) is 8.86. The molecule has 1 N–H and O–H groups in total. The van der Waals surface area contributed by atoms with E-state index in [-0.39, 0.29) is 18.4 Å². The van der Waals surface area contributed by atoms with Gasteiger partial charge < -0.3 is 23.9 Å². The molecule has 1 unspecified atom stereocenters. The molecule has 2 fully saturated rings. The highest BCUT2D eigenvalue weighted by molar-refractivity contribution is 6.17. The molecular weight excluding hydrogens is 542 g/mol. The monoisotopic (exact) mass is 585 g/mol. The number of esters is 1. The number of furan rings is 1. The zero-order valence-corrected chi connectivity index (χ0v) is 25.6. The first-order valence-electron chi connectivity index (χ1n) is 15.8. The van der Waals surface area contributed by atoms with E-state index in [9.17, 15) is 9.90 Å². The number of rotatable bonds is 9. The van der Waals surface area contributed by atoms with E-state index in [0.717, 1.165) is 55.2 Å². The Balaban J connectivity index is 1.51. The molecule has 1 saturated carbocycles. The lowest BCUT2D eigenvalue weighted by atomic mass is 9.87. The van der Waals surface area contributed by atoms with Crippen molar-refractivity contribution in [1.29, 1.82) is 0 Å². The normalized spacial score (nSPS) is 17.8. The highest BCUT2D eigenvalue weighted by atomic mass is 16.5. The largest absolute Gasteiger partial charge is 0.507 e. The molecule has 2 aromatic heterocycles. The number of pyridine rings is 1. The number of aromatic hydroxyl groups is 1. The molecule has 2 aliphatic rings. The summed E-state index contributed by atoms with van der Waals surface area (Å²) >= 11 is 0. The molecule has 2 aromatic carbocycles. The van der Waals surface area contributed by atoms with Gasteiger partial charge in [-0.2, -0.15) is 0 Å². The van der Waals surface area contributed by atoms with Crippen LogP contribution in [0.1, 0.15) is 78.7 Å². The van der Waals surface area contributed by atoms with Gasteiger partial charge in [0.15, 0.2) is 0 Å². The van der Waals surface area contributed by atoms with Crippen LogP contribution in [0, 0.1) is 12.8 Å². The van der Waals surface area contributed by atoms with Gasteiger partial charge >= 0.3 is 5.97 Å². The summed E-state index contributed by atoms with van der Waals surface area (Å²) in [5.74, 6) is 1.60. The molecule has 43 heavy (non-hydrogen) atoms. The zero-order chi connectivity index (χ0) is 29.9. The summed E-state index contributed by atoms with van der Waals surface area (Å²) in [7, 11) is 2.12. The second kappa shape index (κ2) is 12.9. The smallest absolute Gasteiger partial charge is 0.342 e. The van der Waals surface area contributed by atoms with Crippen LogP contribution < -0.4 is 4.74 Å². The molecular formula is C35H43N3O5. The fourth-order valence-corrected chi connectivity index (χ4v) is 6.98. The Morgan fingerprint density at radius 1 is 1.07 bits per heavy atom. The van der Waals surface area contributed by atoms with Crippen LogP contribution >= 0.6 is 0 Å². The summed E-state index contributed by atoms with van der Waals surface area (Å²) in [5.41, 5.74) is 2.58. The highest BCUT2D eigenvalue weighted by Crippen LogP contribution is 2.48. The molecule has 1 saturated heterocycles. The third kappa shape index (κ3) is 5.95. The van der Waals surface area contributed by atoms with Gasteiger partial charge in [0.05, 0.1) is 19.3 Å². The minimum atomic E-state index is -0.451. The highest BCUT2D eigenvalue weighted by Gasteiger charge is 2.35. The van der Waals surface area contributed by atoms with Crippen LogP contribution in [0.3, 0.4) is 0 Å². The van der Waals surface area contributed by atoms with E-state index in [4.69, 9.17) is 13.9 Å². The lowest BCUT2D eigenvalue weighted by molar-refractivity contribution is 0.0526. The number of benzene rings is 2. The number of carbonyl (C=O) groups excluding carboxylic acids is 1. The summed E-state index contributed by atoms with van der Waals surface area (Å²) in [5, 5.41) is 14.2. The molecule has 0 amide bonds. The van der Waals surface area contributed by atoms with Crippen LogP contribution in [0.4, 0.5) is 0 Å². The van der Waals surface area contributed by atoms with Gasteiger partial charge in [-0.05, 0) is 69.1 Å². The Morgan fingerprint density at radius 3 is 2.53 bits per heavy atom. The van der Waals surface area contributed by atoms with Crippen molar-refractivity contribution in [3.8, 4) is 11.5 Å². The minimum Gasteiger partial charge on any atom is -0.507 e. The lowest BCUT2D eigenvalue weighted by Crippen LogP contribution is -2.46. The van der Waals surface area contributed by atoms with Gasteiger partial charge in [0.1, 0.15) is 28.4 Å². The molecule has 3 heterocycles. The van der Waals surface area contributed by atoms with Crippen molar-refractivity contribution < 1.29 is 23.8 Å². The number of hydrogen-bond donors (Lipinski definition) is 1. The van der Waals surface area contributed by atoms with Gasteiger partial charge in [-0.1, -0.05) is 32.1 Å². The number of hydrogen-bond acceptors (Lipinski definition) is 8. The number of phenols is 1. The van der Waals surface area contributed by atoms with Gasteiger partial charge in [-0.3, -0.25) is 9.88 Å². The molecule has 0 radical (unpaired) electrons. The average molecular weight is 586 g/mol. The van der Waals surface area contributed by atoms with Crippen LogP contribution in [0.2, 0.25) is 0 Å². The summed E-state index contributed by atoms with van der Waals surface area (Å²) < 4.78 is 18.1. The summed E-state index contributed by atoms with van der Waals surface area (Å²) in [6.45, 7) is 7.88. The number of phenolic OH excluding ortho intramolecular Hbond substituents is 1. The topological polar surface area (TPSA) is 88.3 Å². The maximum absolute atomic E-state index is 13.4. The Hall–Kier alpha value is -3.62. The van der Waals surface area contributed by atoms with Crippen LogP contribution in [0.5, 0.6) is 11.5 Å². The Bertz CT molecular complexity index is 1570. The predicted octanol–water partition coefficient (Wildman–Crippen LogP) is 6.86. The van der Waals surface area contributed by atoms with E-state index < -0.39 is 5.97 Å². The fraction of sp³-hybridized carbons (Fsp3) is 0.486. The predicted molar refractivity (Wildman–Crippen MR) is 168 cm³/mol. The number of ether oxygens (including phenoxy) is 2. The first kappa shape index (κ1) is 29.5. The van der Waals surface area contributed by atoms with E-state index in [2.05, 4.69) is 21.8 Å². The second-order valence-electron chi connectivity index (χ2n) is 12.1. The average Bonchev–Trinajstić information content (AvgIpc) is 3.37. The van der Waals surface area contributed by atoms with Crippen molar-refractivity contribution in [3.05, 3.63) is 65.2 Å². The molecule has 1 aliphatic carbocycles. The first-order valence-corrected chi connectivity index (χ1v) is 15.8. The lowest BCUT2D eigenvalue weighted by Gasteiger charge is -2.39. The molecule has 1 atom stereocenters. The number of fused-ring (bicyclic) bond motifs is 3. The van der Waals surface area contributed by atoms with Crippen molar-refractivity contribution in [2.24, 2.45) is 5.92 Å². The number of carbonyl (C=O) groups is 1. The van der Waals surface area contributed by atoms with Gasteiger partial charge in [0.25, 0.3) is 0 Å². The number of aryl methyl sites for hydroxylation is 1. The van der Waals surface area contributed by atoms with Gasteiger partial charge in [-0.25, -0.2) is 4.79 Å². The molecule has 8 nitrogen and oxygen atoms in total. The second-order valence-corrected chi connectivity index (χ2v) is 12.1. The Labute approximate surface area is 253 Å². The van der Waals surface area contributed by atoms with E-state index in [1.807, 2.05) is 30.3 Å². The van der Waals surface area contributed by atoms with Crippen molar-refractivity contribution in [2.75, 3.05) is 46.4 Å². The summed E-state index contributed by atoms with van der Waals surface area (Å²) in [6.07, 6.45) is 11.1. The zero-order valence-electron chi connectivity index (χ0n) is 25.6. The van der Waals surface area contributed by atoms with Crippen molar-refractivity contribution in [2.45, 2.75) is 58.4 Å². The number of piperazine rings is 1. The third-order valence-corrected chi connectivity index (χ3v) is 9.30. The molecule has 0 bridgehead atoms. The van der Waals surface area contributed by atoms with E-state index in [0.29, 0.717) is 39.8 Å². The van der Waals surface area contributed by atoms with E-state index >= 15 is 0 Å². The van der Waals surface area contributed by atoms with Gasteiger partial charge in [-0.15, -0.1) is 0 Å². The summed E-state index contributed by atoms with van der Waals surface area (Å²) in [6, 6.07) is 9.44. The number of likely N-dealkylation sites (N-methyl/N-ethyl adjacent to an activating group) is 1. The van der Waals surface area contributed by atoms with Gasteiger partial charge in [0.2, 0.25) is 0 Å². The van der Waals surface area contributed by atoms with E-state index in [1.54, 1.807) is 26.2 Å². The number of nitrogens with zero attached hydrogens (tertiary/aromatic N) is 3. The molecule has 1 aliphatic heterocycles. The molecule has 0 spiro atoms. The van der Waals surface area contributed by atoms with Crippen LogP contribution in [-0.2, 0) is 4.74 Å². The fourth-order valence-electron chi connectivity index (χ4n) is 6.98. The quantitative estimate of drug-likeness (QED) is 0.213. The minimum absolute atomic E-state index is 0.132. The standard InChI is InChI=1S/C35H43N3O5/c1-4-41-35(40)29-23(2)43-34-27-11-10-26(42-21-14-24-8-6-5-7-9-24)22-28(27)33(39)31(30(29)34)32(25-12-15-36-16-13-25)38-19-17-37(3)18-20-38/h10-13,15-16,22,24,32,39H,4-9,14,17-21H2,1-3H3. The van der Waals surface area contributed by atoms with Crippen LogP contribution in [-0.4, -0.2) is 72.3 Å². The van der Waals surface area contributed by atoms with Crippen molar-refractivity contribution in [1.82, 2.24) is 14.8 Å². The van der Waals surface area contributed by atoms with Gasteiger partial charge in [0, 0.05) is 60.3 Å². The maximum Gasteiger partial charge on any atom is 0.342 e. The Morgan fingerprint density at radius 2 is 1.81 bits per heavy atom. The van der Waals surface area contributed by atoms with Crippen molar-refractivity contribution >= 4 is 27.7 Å². The SMILES string of the molecule is CCOC(=O)c1c(C)oc2c1c(C(c1ccncc1)N1CCN(C)CC1)c(O)c1cc(OCCC3CCCCC3)ccc12. The van der Waals surface area contributed by atoms with Crippen LogP contribution in [0.25, 0.3) is 21.7 Å². The molecule has 6 rings (SSSR count). The van der Waals surface area contributed by atoms with Crippen molar-refractivity contribution in [3.63, 3.8) is 0 Å². The first-order chi connectivity index (χ1) is 21.0. The molecule has 228 valence electrons.